The number of likely N-dealkylation sites (N-methyl/N-ethyl adjacent to an activating group) is 1. The maximum Gasteiger partial charge on any atom is 0.198 e. The van der Waals surface area contributed by atoms with E-state index in [0.29, 0.717) is 17.4 Å². The molecule has 0 aliphatic carbocycles. The lowest BCUT2D eigenvalue weighted by atomic mass is 10.1. The Balaban J connectivity index is 1.99. The number of pyridine rings is 1. The van der Waals surface area contributed by atoms with Crippen molar-refractivity contribution in [2.24, 2.45) is 0 Å². The van der Waals surface area contributed by atoms with E-state index in [1.165, 1.54) is 21.9 Å². The van der Waals surface area contributed by atoms with Gasteiger partial charge in [0.1, 0.15) is 32.7 Å². The van der Waals surface area contributed by atoms with Crippen LogP contribution in [0.5, 0.6) is 0 Å². The molecule has 3 rings (SSSR count). The molecular weight excluding hydrogens is 294 g/mol. The third-order valence-corrected chi connectivity index (χ3v) is 4.79. The highest BCUT2D eigenvalue weighted by atomic mass is 16.4. The number of hydrogen-bond acceptors (Lipinski definition) is 3. The maximum absolute atomic E-state index is 12.8. The normalized spacial score (nSPS) is 21.5. The molecule has 1 aromatic carbocycles. The molecule has 1 saturated heterocycles. The van der Waals surface area contributed by atoms with Gasteiger partial charge in [-0.3, -0.25) is 4.79 Å². The summed E-state index contributed by atoms with van der Waals surface area (Å²) in [6, 6.07) is 4.50. The van der Waals surface area contributed by atoms with Crippen LogP contribution in [0.2, 0.25) is 0 Å². The smallest absolute Gasteiger partial charge is 0.198 e. The Labute approximate surface area is 134 Å². The van der Waals surface area contributed by atoms with Crippen molar-refractivity contribution < 1.29 is 19.7 Å². The van der Waals surface area contributed by atoms with Gasteiger partial charge in [0.2, 0.25) is 0 Å². The molecule has 2 heterocycles. The topological polar surface area (TPSA) is 81.9 Å². The first kappa shape index (κ1) is 15.7. The van der Waals surface area contributed by atoms with Crippen molar-refractivity contribution in [1.29, 1.82) is 0 Å². The molecule has 1 aromatic heterocycles. The van der Waals surface area contributed by atoms with E-state index < -0.39 is 5.97 Å². The monoisotopic (exact) mass is 316 g/mol. The van der Waals surface area contributed by atoms with Gasteiger partial charge in [-0.15, -0.1) is 0 Å². The van der Waals surface area contributed by atoms with E-state index in [2.05, 4.69) is 12.0 Å². The van der Waals surface area contributed by atoms with Crippen molar-refractivity contribution in [1.82, 2.24) is 4.98 Å². The van der Waals surface area contributed by atoms with Gasteiger partial charge in [-0.25, -0.2) is 0 Å². The quantitative estimate of drug-likeness (QED) is 0.569. The number of aryl methyl sites for hydroxylation is 1. The highest BCUT2D eigenvalue weighted by Gasteiger charge is 2.22. The second-order valence-corrected chi connectivity index (χ2v) is 6.49. The Morgan fingerprint density at radius 1 is 1.26 bits per heavy atom. The van der Waals surface area contributed by atoms with E-state index in [4.69, 9.17) is 0 Å². The van der Waals surface area contributed by atoms with Crippen LogP contribution in [0.3, 0.4) is 0 Å². The molecule has 6 nitrogen and oxygen atoms in total. The van der Waals surface area contributed by atoms with E-state index in [1.54, 1.807) is 6.07 Å². The first-order valence-electron chi connectivity index (χ1n) is 7.97. The molecular formula is C17H22N3O3+. The number of hydrogen-bond donors (Lipinski definition) is 3. The number of piperazine rings is 1. The molecule has 1 fully saturated rings. The lowest BCUT2D eigenvalue weighted by molar-refractivity contribution is -1.01. The first-order valence-corrected chi connectivity index (χ1v) is 7.97. The van der Waals surface area contributed by atoms with Gasteiger partial charge in [0.15, 0.2) is 5.43 Å². The second-order valence-electron chi connectivity index (χ2n) is 6.49. The summed E-state index contributed by atoms with van der Waals surface area (Å²) >= 11 is 0. The van der Waals surface area contributed by atoms with Crippen LogP contribution in [0.4, 0.5) is 0 Å². The van der Waals surface area contributed by atoms with Crippen LogP contribution in [0, 0.1) is 6.92 Å². The van der Waals surface area contributed by atoms with Crippen molar-refractivity contribution >= 4 is 16.9 Å². The molecule has 0 atom stereocenters. The number of carboxylic acids is 1. The first-order chi connectivity index (χ1) is 11.0. The van der Waals surface area contributed by atoms with Gasteiger partial charge in [0, 0.05) is 16.6 Å². The summed E-state index contributed by atoms with van der Waals surface area (Å²) in [6.07, 6.45) is 0. The molecule has 2 aromatic rings. The number of H-pyrrole nitrogens is 1. The van der Waals surface area contributed by atoms with Crippen molar-refractivity contribution in [2.75, 3.05) is 33.2 Å². The van der Waals surface area contributed by atoms with E-state index in [1.807, 2.05) is 6.92 Å². The number of aromatic carboxylic acids is 1. The van der Waals surface area contributed by atoms with Gasteiger partial charge in [-0.2, -0.15) is 0 Å². The van der Waals surface area contributed by atoms with Gasteiger partial charge < -0.3 is 24.7 Å². The number of aromatic amines is 1. The number of carbonyl (C=O) groups is 1. The van der Waals surface area contributed by atoms with Crippen LogP contribution in [-0.2, 0) is 6.54 Å². The second kappa shape index (κ2) is 6.14. The molecule has 0 amide bonds. The van der Waals surface area contributed by atoms with Crippen LogP contribution in [-0.4, -0.2) is 44.2 Å². The van der Waals surface area contributed by atoms with Crippen LogP contribution in [0.25, 0.3) is 10.9 Å². The maximum atomic E-state index is 12.8. The zero-order valence-corrected chi connectivity index (χ0v) is 13.5. The summed E-state index contributed by atoms with van der Waals surface area (Å²) in [6.45, 7) is 6.89. The number of carboxylic acid groups (broad SMARTS) is 1. The van der Waals surface area contributed by atoms with Gasteiger partial charge in [0.05, 0.1) is 18.6 Å². The molecule has 3 N–H and O–H groups in total. The fraction of sp³-hybridized carbons (Fsp3) is 0.412. The fourth-order valence-electron chi connectivity index (χ4n) is 3.25. The Morgan fingerprint density at radius 2 is 1.96 bits per heavy atom. The molecule has 1 aliphatic heterocycles. The molecule has 122 valence electrons. The SMILES string of the molecule is Cc1[nH]c2ccc(C(=O)[O-])cc2c(=O)c1C[NH+]1CC[NH+](C)CC1. The van der Waals surface area contributed by atoms with Crippen LogP contribution < -0.4 is 20.3 Å². The van der Waals surface area contributed by atoms with Crippen molar-refractivity contribution in [2.45, 2.75) is 13.5 Å². The minimum atomic E-state index is -1.26. The number of aromatic nitrogens is 1. The Kier molecular flexibility index (Phi) is 4.19. The van der Waals surface area contributed by atoms with Gasteiger partial charge >= 0.3 is 0 Å². The molecule has 6 heteroatoms. The Morgan fingerprint density at radius 3 is 2.61 bits per heavy atom. The van der Waals surface area contributed by atoms with E-state index in [9.17, 15) is 14.7 Å². The van der Waals surface area contributed by atoms with E-state index in [0.717, 1.165) is 37.4 Å². The number of fused-ring (bicyclic) bond motifs is 1. The number of nitrogens with one attached hydrogen (secondary N) is 3. The van der Waals surface area contributed by atoms with Crippen LogP contribution in [0.1, 0.15) is 21.6 Å². The third kappa shape index (κ3) is 3.13. The van der Waals surface area contributed by atoms with Gasteiger partial charge in [-0.05, 0) is 24.6 Å². The minimum Gasteiger partial charge on any atom is -0.545 e. The molecule has 0 saturated carbocycles. The van der Waals surface area contributed by atoms with E-state index >= 15 is 0 Å². The number of quaternary nitrogens is 2. The standard InChI is InChI=1S/C17H21N3O3/c1-11-14(10-20-7-5-19(2)6-8-20)16(21)13-9-12(17(22)23)3-4-15(13)18-11/h3-4,9H,5-8,10H2,1-2H3,(H,18,21)(H,22,23)/p+1. The summed E-state index contributed by atoms with van der Waals surface area (Å²) in [5, 5.41) is 11.4. The minimum absolute atomic E-state index is 0.0355. The molecule has 0 spiro atoms. The summed E-state index contributed by atoms with van der Waals surface area (Å²) in [5.74, 6) is -1.26. The largest absolute Gasteiger partial charge is 0.545 e. The average Bonchev–Trinajstić information content (AvgIpc) is 2.53. The lowest BCUT2D eigenvalue weighted by Crippen LogP contribution is -3.26. The van der Waals surface area contributed by atoms with Gasteiger partial charge in [-0.1, -0.05) is 6.07 Å². The third-order valence-electron chi connectivity index (χ3n) is 4.79. The molecule has 23 heavy (non-hydrogen) atoms. The summed E-state index contributed by atoms with van der Waals surface area (Å²) in [7, 11) is 2.19. The zero-order chi connectivity index (χ0) is 16.6. The Hall–Kier alpha value is -2.18. The zero-order valence-electron chi connectivity index (χ0n) is 13.5. The molecule has 0 unspecified atom stereocenters. The highest BCUT2D eigenvalue weighted by Crippen LogP contribution is 2.13. The molecule has 0 bridgehead atoms. The van der Waals surface area contributed by atoms with E-state index in [-0.39, 0.29) is 11.0 Å². The van der Waals surface area contributed by atoms with Crippen molar-refractivity contribution in [3.8, 4) is 0 Å². The Bertz CT molecular complexity index is 805. The number of carbonyl (C=O) groups excluding carboxylic acids is 1. The lowest BCUT2D eigenvalue weighted by Gasteiger charge is -2.27. The summed E-state index contributed by atoms with van der Waals surface area (Å²) in [4.78, 5) is 30.0. The fourth-order valence-corrected chi connectivity index (χ4v) is 3.25. The summed E-state index contributed by atoms with van der Waals surface area (Å²) in [5.41, 5.74) is 2.25. The predicted molar refractivity (Wildman–Crippen MR) is 84.7 cm³/mol. The summed E-state index contributed by atoms with van der Waals surface area (Å²) < 4.78 is 0. The average molecular weight is 316 g/mol. The van der Waals surface area contributed by atoms with Crippen molar-refractivity contribution in [3.05, 3.63) is 45.2 Å². The van der Waals surface area contributed by atoms with Crippen LogP contribution in [0.15, 0.2) is 23.0 Å². The predicted octanol–water partition coefficient (Wildman–Crippen LogP) is -2.89. The highest BCUT2D eigenvalue weighted by molar-refractivity contribution is 5.92. The molecule has 1 aliphatic rings. The molecule has 0 radical (unpaired) electrons. The van der Waals surface area contributed by atoms with Crippen LogP contribution >= 0.6 is 0 Å². The number of benzene rings is 1. The number of rotatable bonds is 3. The van der Waals surface area contributed by atoms with Gasteiger partial charge in [0.25, 0.3) is 0 Å². The van der Waals surface area contributed by atoms with Crippen molar-refractivity contribution in [3.63, 3.8) is 0 Å².